The van der Waals surface area contributed by atoms with Gasteiger partial charge in [0.05, 0.1) is 21.3 Å². The van der Waals surface area contributed by atoms with Gasteiger partial charge in [0.25, 0.3) is 0 Å². The summed E-state index contributed by atoms with van der Waals surface area (Å²) in [6.07, 6.45) is 4.79. The van der Waals surface area contributed by atoms with Crippen molar-refractivity contribution in [2.45, 2.75) is 63.4 Å². The van der Waals surface area contributed by atoms with Crippen molar-refractivity contribution in [3.05, 3.63) is 51.4 Å². The third-order valence-corrected chi connectivity index (χ3v) is 8.78. The first kappa shape index (κ1) is 25.5. The van der Waals surface area contributed by atoms with Crippen LogP contribution in [-0.2, 0) is 14.3 Å². The number of thiophene rings is 1. The summed E-state index contributed by atoms with van der Waals surface area (Å²) in [5, 5.41) is 2.03. The van der Waals surface area contributed by atoms with Crippen LogP contribution in [0.4, 0.5) is 0 Å². The molecule has 0 saturated heterocycles. The Bertz CT molecular complexity index is 1240. The van der Waals surface area contributed by atoms with E-state index in [2.05, 4.69) is 6.07 Å². The fraction of sp³-hybridized carbons (Fsp3) is 0.483. The summed E-state index contributed by atoms with van der Waals surface area (Å²) in [5.74, 6) is -0.0268. The van der Waals surface area contributed by atoms with Gasteiger partial charge in [0.1, 0.15) is 17.8 Å². The van der Waals surface area contributed by atoms with Crippen molar-refractivity contribution in [1.82, 2.24) is 0 Å². The third-order valence-electron chi connectivity index (χ3n) is 7.74. The molecule has 1 saturated carbocycles. The highest BCUT2D eigenvalue weighted by atomic mass is 32.1. The minimum atomic E-state index is -0.728. The zero-order valence-corrected chi connectivity index (χ0v) is 22.6. The summed E-state index contributed by atoms with van der Waals surface area (Å²) < 4.78 is 22.9. The second-order valence-corrected chi connectivity index (χ2v) is 10.9. The summed E-state index contributed by atoms with van der Waals surface area (Å²) in [5.41, 5.74) is 2.68. The predicted molar refractivity (Wildman–Crippen MR) is 142 cm³/mol. The average molecular weight is 524 g/mol. The van der Waals surface area contributed by atoms with Crippen LogP contribution in [0.5, 0.6) is 17.2 Å². The molecule has 8 heteroatoms. The number of aliphatic imine (C=N–C) groups is 1. The SMILES string of the molecule is COc1cc(OC)c(C2C3=C(CC(c4cccs4)CC3=O)N=C(C)C2C(=O)OC2CCCC2)cc1OC. The quantitative estimate of drug-likeness (QED) is 0.424. The lowest BCUT2D eigenvalue weighted by atomic mass is 9.69. The molecule has 1 aromatic heterocycles. The summed E-state index contributed by atoms with van der Waals surface area (Å²) in [7, 11) is 4.70. The molecule has 196 valence electrons. The second kappa shape index (κ2) is 10.7. The summed E-state index contributed by atoms with van der Waals surface area (Å²) in [6.45, 7) is 1.86. The highest BCUT2D eigenvalue weighted by Crippen LogP contribution is 2.51. The van der Waals surface area contributed by atoms with Crippen molar-refractivity contribution < 1.29 is 28.5 Å². The van der Waals surface area contributed by atoms with Crippen molar-refractivity contribution in [1.29, 1.82) is 0 Å². The van der Waals surface area contributed by atoms with E-state index in [1.54, 1.807) is 38.7 Å². The maximum absolute atomic E-state index is 13.8. The van der Waals surface area contributed by atoms with Crippen LogP contribution >= 0.6 is 11.3 Å². The number of benzene rings is 1. The Labute approximate surface area is 221 Å². The van der Waals surface area contributed by atoms with Gasteiger partial charge >= 0.3 is 5.97 Å². The Morgan fingerprint density at radius 3 is 2.35 bits per heavy atom. The first-order valence-electron chi connectivity index (χ1n) is 12.8. The van der Waals surface area contributed by atoms with E-state index in [4.69, 9.17) is 23.9 Å². The topological polar surface area (TPSA) is 83.4 Å². The fourth-order valence-corrected chi connectivity index (χ4v) is 6.80. The van der Waals surface area contributed by atoms with Crippen molar-refractivity contribution >= 4 is 28.8 Å². The Kier molecular flexibility index (Phi) is 7.38. The van der Waals surface area contributed by atoms with Crippen LogP contribution in [0.15, 0.2) is 45.9 Å². The minimum Gasteiger partial charge on any atom is -0.496 e. The van der Waals surface area contributed by atoms with E-state index in [0.29, 0.717) is 46.9 Å². The number of Topliss-reactive ketones (excluding diaryl/α,β-unsaturated/α-hetero) is 1. The Morgan fingerprint density at radius 1 is 1.00 bits per heavy atom. The van der Waals surface area contributed by atoms with Crippen molar-refractivity contribution in [2.75, 3.05) is 21.3 Å². The minimum absolute atomic E-state index is 0.0106. The first-order valence-corrected chi connectivity index (χ1v) is 13.7. The number of hydrogen-bond donors (Lipinski definition) is 0. The van der Waals surface area contributed by atoms with Crippen LogP contribution in [-0.4, -0.2) is 44.9 Å². The van der Waals surface area contributed by atoms with Gasteiger partial charge in [-0.3, -0.25) is 14.6 Å². The van der Waals surface area contributed by atoms with Crippen LogP contribution in [0.3, 0.4) is 0 Å². The van der Waals surface area contributed by atoms with E-state index in [-0.39, 0.29) is 23.8 Å². The van der Waals surface area contributed by atoms with Gasteiger partial charge in [-0.1, -0.05) is 6.07 Å². The molecular weight excluding hydrogens is 490 g/mol. The Morgan fingerprint density at radius 2 is 1.70 bits per heavy atom. The van der Waals surface area contributed by atoms with Crippen molar-refractivity contribution in [3.8, 4) is 17.2 Å². The number of carbonyl (C=O) groups excluding carboxylic acids is 2. The van der Waals surface area contributed by atoms with Gasteiger partial charge in [0.2, 0.25) is 0 Å². The van der Waals surface area contributed by atoms with E-state index >= 15 is 0 Å². The third kappa shape index (κ3) is 4.79. The zero-order chi connectivity index (χ0) is 26.1. The summed E-state index contributed by atoms with van der Waals surface area (Å²) in [6, 6.07) is 7.65. The number of ketones is 1. The lowest BCUT2D eigenvalue weighted by Crippen LogP contribution is -2.39. The summed E-state index contributed by atoms with van der Waals surface area (Å²) >= 11 is 1.66. The molecule has 37 heavy (non-hydrogen) atoms. The average Bonchev–Trinajstić information content (AvgIpc) is 3.61. The number of hydrogen-bond acceptors (Lipinski definition) is 8. The molecule has 7 nitrogen and oxygen atoms in total. The number of ether oxygens (including phenoxy) is 4. The molecule has 3 aliphatic rings. The van der Waals surface area contributed by atoms with Crippen LogP contribution < -0.4 is 14.2 Å². The van der Waals surface area contributed by atoms with Crippen LogP contribution in [0.2, 0.25) is 0 Å². The van der Waals surface area contributed by atoms with Gasteiger partial charge in [-0.05, 0) is 56.5 Å². The van der Waals surface area contributed by atoms with E-state index in [1.165, 1.54) is 4.88 Å². The second-order valence-electron chi connectivity index (χ2n) is 9.91. The van der Waals surface area contributed by atoms with Crippen molar-refractivity contribution in [3.63, 3.8) is 0 Å². The van der Waals surface area contributed by atoms with Gasteiger partial charge in [-0.25, -0.2) is 0 Å². The largest absolute Gasteiger partial charge is 0.496 e. The number of rotatable bonds is 7. The molecule has 1 aromatic carbocycles. The number of carbonyl (C=O) groups is 2. The Balaban J connectivity index is 1.63. The smallest absolute Gasteiger partial charge is 0.315 e. The van der Waals surface area contributed by atoms with E-state index in [0.717, 1.165) is 31.4 Å². The molecule has 1 fully saturated rings. The van der Waals surface area contributed by atoms with Crippen LogP contribution in [0.1, 0.15) is 67.7 Å². The molecule has 0 radical (unpaired) electrons. The number of esters is 1. The molecule has 0 amide bonds. The van der Waals surface area contributed by atoms with E-state index in [9.17, 15) is 9.59 Å². The monoisotopic (exact) mass is 523 g/mol. The number of methoxy groups -OCH3 is 3. The molecule has 0 N–H and O–H groups in total. The van der Waals surface area contributed by atoms with Gasteiger partial charge in [0.15, 0.2) is 17.3 Å². The van der Waals surface area contributed by atoms with E-state index in [1.807, 2.05) is 24.4 Å². The van der Waals surface area contributed by atoms with Crippen LogP contribution in [0, 0.1) is 5.92 Å². The molecule has 1 aliphatic heterocycles. The molecule has 0 bridgehead atoms. The highest BCUT2D eigenvalue weighted by Gasteiger charge is 2.46. The standard InChI is InChI=1S/C29H33NO6S/c1-16-26(29(32)36-18-8-5-6-9-18)27(19-14-23(34-3)24(35-4)15-22(19)33-2)28-20(30-16)12-17(13-21(28)31)25-10-7-11-37-25/h7,10-11,14-15,17-18,26-27H,5-6,8-9,12-13H2,1-4H3. The predicted octanol–water partition coefficient (Wildman–Crippen LogP) is 5.83. The molecular formula is C29H33NO6S. The maximum Gasteiger partial charge on any atom is 0.315 e. The van der Waals surface area contributed by atoms with Gasteiger partial charge in [-0.2, -0.15) is 0 Å². The van der Waals surface area contributed by atoms with Gasteiger partial charge in [-0.15, -0.1) is 11.3 Å². The number of nitrogens with zero attached hydrogens (tertiary/aromatic N) is 1. The Hall–Kier alpha value is -3.13. The molecule has 2 aromatic rings. The first-order chi connectivity index (χ1) is 17.9. The van der Waals surface area contributed by atoms with Crippen molar-refractivity contribution in [2.24, 2.45) is 10.9 Å². The molecule has 3 atom stereocenters. The molecule has 0 spiro atoms. The lowest BCUT2D eigenvalue weighted by Gasteiger charge is -2.37. The maximum atomic E-state index is 13.8. The normalized spacial score (nSPS) is 23.9. The molecule has 2 heterocycles. The highest BCUT2D eigenvalue weighted by molar-refractivity contribution is 7.10. The summed E-state index contributed by atoms with van der Waals surface area (Å²) in [4.78, 5) is 33.6. The fourth-order valence-electron chi connectivity index (χ4n) is 5.97. The molecule has 5 rings (SSSR count). The van der Waals surface area contributed by atoms with Gasteiger partial charge < -0.3 is 18.9 Å². The zero-order valence-electron chi connectivity index (χ0n) is 21.7. The van der Waals surface area contributed by atoms with E-state index < -0.39 is 11.8 Å². The van der Waals surface area contributed by atoms with Gasteiger partial charge in [0, 0.05) is 51.7 Å². The molecule has 2 aliphatic carbocycles. The number of allylic oxidation sites excluding steroid dienone is 2. The lowest BCUT2D eigenvalue weighted by molar-refractivity contribution is -0.151. The molecule has 3 unspecified atom stereocenters. The van der Waals surface area contributed by atoms with Crippen LogP contribution in [0.25, 0.3) is 0 Å².